The van der Waals surface area contributed by atoms with Gasteiger partial charge >= 0.3 is 5.97 Å². The van der Waals surface area contributed by atoms with E-state index < -0.39 is 11.6 Å². The van der Waals surface area contributed by atoms with Crippen molar-refractivity contribution in [1.82, 2.24) is 0 Å². The van der Waals surface area contributed by atoms with E-state index in [1.165, 1.54) is 0 Å². The van der Waals surface area contributed by atoms with E-state index in [4.69, 9.17) is 30.9 Å². The molecule has 7 heteroatoms. The molecule has 0 saturated heterocycles. The van der Waals surface area contributed by atoms with Crippen LogP contribution >= 0.6 is 11.6 Å². The molecule has 2 heterocycles. The van der Waals surface area contributed by atoms with Crippen molar-refractivity contribution in [1.29, 1.82) is 0 Å². The van der Waals surface area contributed by atoms with Gasteiger partial charge in [-0.2, -0.15) is 0 Å². The first kappa shape index (κ1) is 22.9. The van der Waals surface area contributed by atoms with Gasteiger partial charge in [0.15, 0.2) is 5.60 Å². The van der Waals surface area contributed by atoms with Gasteiger partial charge in [-0.15, -0.1) is 0 Å². The maximum Gasteiger partial charge on any atom is 0.304 e. The summed E-state index contributed by atoms with van der Waals surface area (Å²) in [6, 6.07) is 13.3. The number of carbonyl (C=O) groups excluding carboxylic acids is 1. The van der Waals surface area contributed by atoms with Crippen LogP contribution in [-0.2, 0) is 11.4 Å². The lowest BCUT2D eigenvalue weighted by molar-refractivity contribution is -0.137. The SMILES string of the molecule is Cc1cc2c(c(C)c1-c1ccc(Cl)c(COc3ccc4c(c3)OC[C@H]4CC(=O)O)c1)C(=O)C1(CC1)O2. The molecule has 3 aromatic rings. The largest absolute Gasteiger partial charge is 0.492 e. The van der Waals surface area contributed by atoms with Crippen LogP contribution in [0.15, 0.2) is 42.5 Å². The summed E-state index contributed by atoms with van der Waals surface area (Å²) in [5, 5.41) is 9.69. The standard InChI is InChI=1S/C29H25ClO6/c1-15-9-24-27(28(33)29(36-24)7-8-29)16(2)26(15)17-3-6-22(30)19(10-17)14-34-20-4-5-21-18(11-25(31)32)13-35-23(21)12-20/h3-6,9-10,12,18H,7-8,11,13-14H2,1-2H3,(H,31,32)/t18-/m1/s1. The highest BCUT2D eigenvalue weighted by molar-refractivity contribution is 6.31. The average molecular weight is 505 g/mol. The van der Waals surface area contributed by atoms with Gasteiger partial charge in [0, 0.05) is 28.1 Å². The highest BCUT2D eigenvalue weighted by Crippen LogP contribution is 2.52. The molecule has 0 aromatic heterocycles. The molecule has 3 aliphatic rings. The van der Waals surface area contributed by atoms with Gasteiger partial charge in [0.05, 0.1) is 18.6 Å². The minimum Gasteiger partial charge on any atom is -0.492 e. The number of hydrogen-bond donors (Lipinski definition) is 1. The van der Waals surface area contributed by atoms with Crippen LogP contribution in [0.2, 0.25) is 5.02 Å². The Labute approximate surface area is 213 Å². The summed E-state index contributed by atoms with van der Waals surface area (Å²) in [5.41, 5.74) is 5.73. The smallest absolute Gasteiger partial charge is 0.304 e. The Balaban J connectivity index is 1.25. The van der Waals surface area contributed by atoms with Crippen molar-refractivity contribution in [3.05, 3.63) is 75.3 Å². The Hall–Kier alpha value is -3.51. The lowest BCUT2D eigenvalue weighted by Gasteiger charge is -2.15. The normalized spacial score (nSPS) is 18.4. The number of carboxylic acid groups (broad SMARTS) is 1. The van der Waals surface area contributed by atoms with Gasteiger partial charge in [-0.25, -0.2) is 0 Å². The van der Waals surface area contributed by atoms with Gasteiger partial charge in [0.2, 0.25) is 5.78 Å². The predicted molar refractivity (Wildman–Crippen MR) is 135 cm³/mol. The summed E-state index contributed by atoms with van der Waals surface area (Å²) in [6.45, 7) is 4.61. The van der Waals surface area contributed by atoms with E-state index in [1.807, 2.05) is 50.2 Å². The number of benzene rings is 3. The number of aryl methyl sites for hydroxylation is 1. The number of ether oxygens (including phenoxy) is 3. The average Bonchev–Trinajstić information content (AvgIpc) is 3.43. The van der Waals surface area contributed by atoms with Crippen molar-refractivity contribution in [3.63, 3.8) is 0 Å². The zero-order valence-corrected chi connectivity index (χ0v) is 20.8. The molecule has 0 unspecified atom stereocenters. The lowest BCUT2D eigenvalue weighted by atomic mass is 9.89. The Bertz CT molecular complexity index is 1440. The Morgan fingerprint density at radius 1 is 1.11 bits per heavy atom. The molecular formula is C29H25ClO6. The third kappa shape index (κ3) is 3.71. The summed E-state index contributed by atoms with van der Waals surface area (Å²) >= 11 is 6.52. The maximum atomic E-state index is 13.0. The first-order valence-corrected chi connectivity index (χ1v) is 12.4. The van der Waals surface area contributed by atoms with E-state index in [2.05, 4.69) is 0 Å². The second kappa shape index (κ2) is 8.27. The second-order valence-electron chi connectivity index (χ2n) is 9.89. The first-order chi connectivity index (χ1) is 17.3. The third-order valence-electron chi connectivity index (χ3n) is 7.40. The fourth-order valence-corrected chi connectivity index (χ4v) is 5.58. The van der Waals surface area contributed by atoms with E-state index in [0.717, 1.165) is 46.2 Å². The van der Waals surface area contributed by atoms with Crippen molar-refractivity contribution in [2.24, 2.45) is 0 Å². The summed E-state index contributed by atoms with van der Waals surface area (Å²) in [4.78, 5) is 24.1. The number of aliphatic carboxylic acids is 1. The number of ketones is 1. The van der Waals surface area contributed by atoms with Crippen molar-refractivity contribution < 1.29 is 28.9 Å². The van der Waals surface area contributed by atoms with Gasteiger partial charge in [0.25, 0.3) is 0 Å². The summed E-state index contributed by atoms with van der Waals surface area (Å²) in [5.74, 6) is 1.07. The molecule has 0 amide bonds. The highest BCUT2D eigenvalue weighted by atomic mass is 35.5. The van der Waals surface area contributed by atoms with Gasteiger partial charge in [-0.3, -0.25) is 9.59 Å². The van der Waals surface area contributed by atoms with Crippen molar-refractivity contribution in [2.75, 3.05) is 6.61 Å². The van der Waals surface area contributed by atoms with E-state index in [9.17, 15) is 9.59 Å². The van der Waals surface area contributed by atoms with Gasteiger partial charge in [-0.05, 0) is 73.2 Å². The predicted octanol–water partition coefficient (Wildman–Crippen LogP) is 6.26. The molecule has 1 saturated carbocycles. The molecule has 1 aliphatic carbocycles. The lowest BCUT2D eigenvalue weighted by Crippen LogP contribution is -2.22. The Morgan fingerprint density at radius 3 is 2.67 bits per heavy atom. The fraction of sp³-hybridized carbons (Fsp3) is 0.310. The van der Waals surface area contributed by atoms with Gasteiger partial charge in [-0.1, -0.05) is 23.7 Å². The van der Waals surface area contributed by atoms with Crippen LogP contribution in [0, 0.1) is 13.8 Å². The molecule has 1 spiro atoms. The molecule has 2 aliphatic heterocycles. The molecule has 6 rings (SSSR count). The summed E-state index contributed by atoms with van der Waals surface area (Å²) < 4.78 is 17.8. The Morgan fingerprint density at radius 2 is 1.92 bits per heavy atom. The van der Waals surface area contributed by atoms with Gasteiger partial charge < -0.3 is 19.3 Å². The van der Waals surface area contributed by atoms with Crippen molar-refractivity contribution in [3.8, 4) is 28.4 Å². The zero-order valence-electron chi connectivity index (χ0n) is 20.0. The molecule has 0 bridgehead atoms. The number of halogens is 1. The van der Waals surface area contributed by atoms with Crippen LogP contribution < -0.4 is 14.2 Å². The first-order valence-electron chi connectivity index (χ1n) is 12.0. The number of rotatable bonds is 6. The summed E-state index contributed by atoms with van der Waals surface area (Å²) in [7, 11) is 0. The molecule has 6 nitrogen and oxygen atoms in total. The van der Waals surface area contributed by atoms with Crippen LogP contribution in [0.4, 0.5) is 0 Å². The topological polar surface area (TPSA) is 82.1 Å². The van der Waals surface area contributed by atoms with E-state index in [-0.39, 0.29) is 24.7 Å². The fourth-order valence-electron chi connectivity index (χ4n) is 5.41. The van der Waals surface area contributed by atoms with Crippen LogP contribution in [0.1, 0.15) is 57.8 Å². The van der Waals surface area contributed by atoms with Crippen LogP contribution in [0.25, 0.3) is 11.1 Å². The van der Waals surface area contributed by atoms with Crippen molar-refractivity contribution >= 4 is 23.4 Å². The quantitative estimate of drug-likeness (QED) is 0.426. The molecule has 36 heavy (non-hydrogen) atoms. The van der Waals surface area contributed by atoms with Crippen molar-refractivity contribution in [2.45, 2.75) is 51.2 Å². The highest BCUT2D eigenvalue weighted by Gasteiger charge is 2.58. The van der Waals surface area contributed by atoms with E-state index in [0.29, 0.717) is 34.4 Å². The molecule has 3 aromatic carbocycles. The second-order valence-corrected chi connectivity index (χ2v) is 10.3. The number of fused-ring (bicyclic) bond motifs is 2. The van der Waals surface area contributed by atoms with Crippen LogP contribution in [0.3, 0.4) is 0 Å². The van der Waals surface area contributed by atoms with Gasteiger partial charge in [0.1, 0.15) is 23.9 Å². The third-order valence-corrected chi connectivity index (χ3v) is 7.77. The van der Waals surface area contributed by atoms with E-state index >= 15 is 0 Å². The van der Waals surface area contributed by atoms with Crippen LogP contribution in [-0.4, -0.2) is 29.1 Å². The Kier molecular flexibility index (Phi) is 5.27. The van der Waals surface area contributed by atoms with Crippen LogP contribution in [0.5, 0.6) is 17.2 Å². The zero-order chi connectivity index (χ0) is 25.2. The van der Waals surface area contributed by atoms with E-state index in [1.54, 1.807) is 6.07 Å². The number of carboxylic acids is 1. The minimum atomic E-state index is -0.843. The maximum absolute atomic E-state index is 13.0. The number of Topliss-reactive ketones (excluding diaryl/α,β-unsaturated/α-hetero) is 1. The number of carbonyl (C=O) groups is 2. The molecule has 1 N–H and O–H groups in total. The summed E-state index contributed by atoms with van der Waals surface area (Å²) in [6.07, 6.45) is 1.60. The monoisotopic (exact) mass is 504 g/mol. The molecule has 184 valence electrons. The molecule has 1 fully saturated rings. The minimum absolute atomic E-state index is 0.0375. The molecular weight excluding hydrogens is 480 g/mol. The molecule has 0 radical (unpaired) electrons. The number of hydrogen-bond acceptors (Lipinski definition) is 5. The molecule has 1 atom stereocenters.